The lowest BCUT2D eigenvalue weighted by molar-refractivity contribution is 0.318. The number of rotatable bonds is 6. The molecule has 1 aromatic rings. The summed E-state index contributed by atoms with van der Waals surface area (Å²) in [5.41, 5.74) is 0.955. The van der Waals surface area contributed by atoms with Crippen molar-refractivity contribution in [2.24, 2.45) is 5.92 Å². The molecule has 2 unspecified atom stereocenters. The van der Waals surface area contributed by atoms with Crippen molar-refractivity contribution in [3.63, 3.8) is 0 Å². The molecule has 0 radical (unpaired) electrons. The first-order chi connectivity index (χ1) is 10.2. The highest BCUT2D eigenvalue weighted by atomic mass is 19.1. The summed E-state index contributed by atoms with van der Waals surface area (Å²) in [6.07, 6.45) is 2.27. The van der Waals surface area contributed by atoms with Gasteiger partial charge in [0.1, 0.15) is 0 Å². The summed E-state index contributed by atoms with van der Waals surface area (Å²) in [4.78, 5) is 2.27. The molecule has 1 aliphatic heterocycles. The largest absolute Gasteiger partial charge is 0.491 e. The van der Waals surface area contributed by atoms with Crippen molar-refractivity contribution in [1.82, 2.24) is 5.32 Å². The maximum absolute atomic E-state index is 14.0. The number of piperidine rings is 1. The highest BCUT2D eigenvalue weighted by Crippen LogP contribution is 2.27. The fourth-order valence-electron chi connectivity index (χ4n) is 2.97. The van der Waals surface area contributed by atoms with Gasteiger partial charge in [-0.1, -0.05) is 13.8 Å². The zero-order valence-electron chi connectivity index (χ0n) is 13.4. The van der Waals surface area contributed by atoms with E-state index >= 15 is 0 Å². The molecular formula is C17H27FN2O. The van der Waals surface area contributed by atoms with Crippen molar-refractivity contribution >= 4 is 5.69 Å². The summed E-state index contributed by atoms with van der Waals surface area (Å²) in [5, 5.41) is 3.61. The predicted octanol–water partition coefficient (Wildman–Crippen LogP) is 3.44. The molecule has 21 heavy (non-hydrogen) atoms. The lowest BCUT2D eigenvalue weighted by Gasteiger charge is -2.38. The average molecular weight is 294 g/mol. The Bertz CT molecular complexity index is 452. The van der Waals surface area contributed by atoms with Crippen LogP contribution in [0.5, 0.6) is 5.75 Å². The van der Waals surface area contributed by atoms with E-state index in [0.29, 0.717) is 24.3 Å². The maximum atomic E-state index is 14.0. The Labute approximate surface area is 127 Å². The molecule has 2 rings (SSSR count). The first-order valence-corrected chi connectivity index (χ1v) is 8.06. The second-order valence-electron chi connectivity index (χ2n) is 5.82. The van der Waals surface area contributed by atoms with Crippen molar-refractivity contribution in [1.29, 1.82) is 0 Å². The smallest absolute Gasteiger partial charge is 0.167 e. The minimum absolute atomic E-state index is 0.270. The highest BCUT2D eigenvalue weighted by Gasteiger charge is 2.25. The number of hydrogen-bond donors (Lipinski definition) is 1. The Hall–Kier alpha value is -1.29. The number of benzene rings is 1. The van der Waals surface area contributed by atoms with Gasteiger partial charge < -0.3 is 15.0 Å². The maximum Gasteiger partial charge on any atom is 0.167 e. The second-order valence-corrected chi connectivity index (χ2v) is 5.82. The molecule has 0 bridgehead atoms. The minimum Gasteiger partial charge on any atom is -0.491 e. The van der Waals surface area contributed by atoms with Crippen LogP contribution in [0.1, 0.15) is 33.6 Å². The molecule has 0 saturated carbocycles. The molecule has 4 heteroatoms. The lowest BCUT2D eigenvalue weighted by atomic mass is 9.93. The molecule has 0 amide bonds. The summed E-state index contributed by atoms with van der Waals surface area (Å²) >= 11 is 0. The summed E-state index contributed by atoms with van der Waals surface area (Å²) in [7, 11) is 0. The standard InChI is InChI=1S/C17H27FN2O/c1-4-9-19-16-8-10-20(12-13(16)3)14-6-7-17(21-5-2)15(18)11-14/h6-7,11,13,16,19H,4-5,8-10,12H2,1-3H3. The second kappa shape index (κ2) is 7.64. The first-order valence-electron chi connectivity index (χ1n) is 8.06. The summed E-state index contributed by atoms with van der Waals surface area (Å²) < 4.78 is 19.2. The van der Waals surface area contributed by atoms with Crippen LogP contribution < -0.4 is 15.0 Å². The van der Waals surface area contributed by atoms with E-state index in [-0.39, 0.29) is 5.82 Å². The molecule has 3 nitrogen and oxygen atoms in total. The quantitative estimate of drug-likeness (QED) is 0.870. The molecule has 1 saturated heterocycles. The summed E-state index contributed by atoms with van der Waals surface area (Å²) in [5.74, 6) is 0.641. The molecule has 2 atom stereocenters. The van der Waals surface area contributed by atoms with Gasteiger partial charge in [-0.25, -0.2) is 4.39 Å². The van der Waals surface area contributed by atoms with Crippen LogP contribution in [0.25, 0.3) is 0 Å². The molecule has 0 aromatic heterocycles. The van der Waals surface area contributed by atoms with Crippen LogP contribution in [-0.4, -0.2) is 32.3 Å². The SMILES string of the molecule is CCCNC1CCN(c2ccc(OCC)c(F)c2)CC1C. The van der Waals surface area contributed by atoms with Gasteiger partial charge >= 0.3 is 0 Å². The molecule has 1 aromatic carbocycles. The molecule has 1 N–H and O–H groups in total. The van der Waals surface area contributed by atoms with Gasteiger partial charge in [0.25, 0.3) is 0 Å². The van der Waals surface area contributed by atoms with E-state index in [1.165, 1.54) is 0 Å². The zero-order valence-corrected chi connectivity index (χ0v) is 13.4. The number of ether oxygens (including phenoxy) is 1. The zero-order chi connectivity index (χ0) is 15.2. The number of nitrogens with zero attached hydrogens (tertiary/aromatic N) is 1. The van der Waals surface area contributed by atoms with Crippen LogP contribution in [0.3, 0.4) is 0 Å². The number of halogens is 1. The Kier molecular flexibility index (Phi) is 5.85. The third-order valence-corrected chi connectivity index (χ3v) is 4.14. The number of hydrogen-bond acceptors (Lipinski definition) is 3. The fourth-order valence-corrected chi connectivity index (χ4v) is 2.97. The van der Waals surface area contributed by atoms with E-state index in [1.54, 1.807) is 12.1 Å². The van der Waals surface area contributed by atoms with E-state index < -0.39 is 0 Å². The average Bonchev–Trinajstić information content (AvgIpc) is 2.48. The molecule has 1 aliphatic rings. The molecule has 1 fully saturated rings. The molecule has 1 heterocycles. The van der Waals surface area contributed by atoms with Crippen molar-refractivity contribution in [2.45, 2.75) is 39.7 Å². The van der Waals surface area contributed by atoms with Gasteiger partial charge in [0.15, 0.2) is 11.6 Å². The Morgan fingerprint density at radius 1 is 1.38 bits per heavy atom. The van der Waals surface area contributed by atoms with Gasteiger partial charge in [-0.2, -0.15) is 0 Å². The topological polar surface area (TPSA) is 24.5 Å². The van der Waals surface area contributed by atoms with Gasteiger partial charge in [-0.05, 0) is 44.4 Å². The molecular weight excluding hydrogens is 267 g/mol. The molecule has 0 aliphatic carbocycles. The van der Waals surface area contributed by atoms with Gasteiger partial charge in [-0.15, -0.1) is 0 Å². The number of nitrogens with one attached hydrogen (secondary N) is 1. The van der Waals surface area contributed by atoms with Crippen molar-refractivity contribution < 1.29 is 9.13 Å². The van der Waals surface area contributed by atoms with Gasteiger partial charge in [0, 0.05) is 30.9 Å². The van der Waals surface area contributed by atoms with E-state index in [1.807, 2.05) is 13.0 Å². The van der Waals surface area contributed by atoms with E-state index in [4.69, 9.17) is 4.74 Å². The normalized spacial score (nSPS) is 22.4. The van der Waals surface area contributed by atoms with Crippen molar-refractivity contribution in [3.05, 3.63) is 24.0 Å². The molecule has 0 spiro atoms. The van der Waals surface area contributed by atoms with Gasteiger partial charge in [0.05, 0.1) is 6.61 Å². The number of anilines is 1. The van der Waals surface area contributed by atoms with E-state index in [2.05, 4.69) is 24.1 Å². The highest BCUT2D eigenvalue weighted by molar-refractivity contribution is 5.50. The fraction of sp³-hybridized carbons (Fsp3) is 0.647. The molecule has 118 valence electrons. The van der Waals surface area contributed by atoms with Crippen LogP contribution >= 0.6 is 0 Å². The minimum atomic E-state index is -0.270. The Morgan fingerprint density at radius 2 is 2.19 bits per heavy atom. The predicted molar refractivity (Wildman–Crippen MR) is 85.6 cm³/mol. The summed E-state index contributed by atoms with van der Waals surface area (Å²) in [6, 6.07) is 5.87. The van der Waals surface area contributed by atoms with Crippen LogP contribution in [-0.2, 0) is 0 Å². The lowest BCUT2D eigenvalue weighted by Crippen LogP contribution is -2.48. The monoisotopic (exact) mass is 294 g/mol. The van der Waals surface area contributed by atoms with Crippen LogP contribution in [0.4, 0.5) is 10.1 Å². The Morgan fingerprint density at radius 3 is 2.81 bits per heavy atom. The van der Waals surface area contributed by atoms with E-state index in [0.717, 1.165) is 38.2 Å². The van der Waals surface area contributed by atoms with Crippen LogP contribution in [0.15, 0.2) is 18.2 Å². The first kappa shape index (κ1) is 16.1. The third kappa shape index (κ3) is 4.10. The van der Waals surface area contributed by atoms with Crippen LogP contribution in [0.2, 0.25) is 0 Å². The van der Waals surface area contributed by atoms with Gasteiger partial charge in [0.2, 0.25) is 0 Å². The van der Waals surface area contributed by atoms with Crippen LogP contribution in [0, 0.1) is 11.7 Å². The van der Waals surface area contributed by atoms with Crippen molar-refractivity contribution in [2.75, 3.05) is 31.1 Å². The van der Waals surface area contributed by atoms with Gasteiger partial charge in [-0.3, -0.25) is 0 Å². The summed E-state index contributed by atoms with van der Waals surface area (Å²) in [6.45, 7) is 9.82. The Balaban J connectivity index is 1.99. The van der Waals surface area contributed by atoms with E-state index in [9.17, 15) is 4.39 Å². The van der Waals surface area contributed by atoms with Crippen molar-refractivity contribution in [3.8, 4) is 5.75 Å². The third-order valence-electron chi connectivity index (χ3n) is 4.14.